The van der Waals surface area contributed by atoms with Gasteiger partial charge in [0.05, 0.1) is 18.4 Å². The van der Waals surface area contributed by atoms with E-state index in [2.05, 4.69) is 43.2 Å². The summed E-state index contributed by atoms with van der Waals surface area (Å²) in [6, 6.07) is 0.528. The van der Waals surface area contributed by atoms with Gasteiger partial charge in [0.25, 0.3) is 0 Å². The van der Waals surface area contributed by atoms with Crippen molar-refractivity contribution in [2.75, 3.05) is 25.5 Å². The Balaban J connectivity index is 1.91. The third kappa shape index (κ3) is 2.16. The van der Waals surface area contributed by atoms with E-state index in [0.717, 1.165) is 23.5 Å². The molecule has 1 aromatic rings. The topological polar surface area (TPSA) is 41.0 Å². The summed E-state index contributed by atoms with van der Waals surface area (Å²) in [4.78, 5) is 10.5. The summed E-state index contributed by atoms with van der Waals surface area (Å²) < 4.78 is 0.767. The minimum absolute atomic E-state index is 0.528. The Morgan fingerprint density at radius 2 is 2.23 bits per heavy atom. The van der Waals surface area contributed by atoms with E-state index >= 15 is 0 Å². The van der Waals surface area contributed by atoms with E-state index in [1.807, 2.05) is 0 Å². The van der Waals surface area contributed by atoms with E-state index in [0.29, 0.717) is 6.04 Å². The monoisotopic (exact) mass is 242 g/mol. The first kappa shape index (κ1) is 8.90. The van der Waals surface area contributed by atoms with Crippen molar-refractivity contribution in [2.45, 2.75) is 6.04 Å². The van der Waals surface area contributed by atoms with Crippen molar-refractivity contribution in [3.8, 4) is 0 Å². The second-order valence-corrected chi connectivity index (χ2v) is 4.10. The molecule has 1 N–H and O–H groups in total. The van der Waals surface area contributed by atoms with Crippen LogP contribution in [0.15, 0.2) is 17.0 Å². The van der Waals surface area contributed by atoms with Crippen LogP contribution in [0.1, 0.15) is 0 Å². The summed E-state index contributed by atoms with van der Waals surface area (Å²) in [7, 11) is 2.10. The van der Waals surface area contributed by atoms with Crippen molar-refractivity contribution < 1.29 is 0 Å². The average Bonchev–Trinajstić information content (AvgIpc) is 2.06. The molecule has 1 fully saturated rings. The molecule has 0 bridgehead atoms. The number of likely N-dealkylation sites (N-methyl/N-ethyl adjacent to an activating group) is 1. The molecule has 1 saturated heterocycles. The van der Waals surface area contributed by atoms with Gasteiger partial charge in [0.15, 0.2) is 0 Å². The fraction of sp³-hybridized carbons (Fsp3) is 0.500. The van der Waals surface area contributed by atoms with Gasteiger partial charge in [-0.2, -0.15) is 0 Å². The highest BCUT2D eigenvalue weighted by Crippen LogP contribution is 2.11. The van der Waals surface area contributed by atoms with Crippen LogP contribution in [0.4, 0.5) is 5.82 Å². The average molecular weight is 243 g/mol. The van der Waals surface area contributed by atoms with E-state index in [-0.39, 0.29) is 0 Å². The Kier molecular flexibility index (Phi) is 2.46. The van der Waals surface area contributed by atoms with Crippen LogP contribution in [0.25, 0.3) is 0 Å². The van der Waals surface area contributed by atoms with Gasteiger partial charge in [-0.25, -0.2) is 9.97 Å². The lowest BCUT2D eigenvalue weighted by atomic mass is 10.1. The first-order valence-electron chi connectivity index (χ1n) is 4.16. The molecule has 0 aliphatic carbocycles. The number of likely N-dealkylation sites (tertiary alicyclic amines) is 1. The molecule has 0 atom stereocenters. The van der Waals surface area contributed by atoms with E-state index in [1.54, 1.807) is 12.4 Å². The Morgan fingerprint density at radius 3 is 2.77 bits per heavy atom. The molecule has 70 valence electrons. The fourth-order valence-electron chi connectivity index (χ4n) is 1.39. The number of halogens is 1. The Labute approximate surface area is 85.5 Å². The third-order valence-corrected chi connectivity index (χ3v) is 2.45. The van der Waals surface area contributed by atoms with Gasteiger partial charge < -0.3 is 10.2 Å². The zero-order chi connectivity index (χ0) is 9.26. The summed E-state index contributed by atoms with van der Waals surface area (Å²) in [6.45, 7) is 2.16. The molecule has 0 radical (unpaired) electrons. The number of nitrogens with zero attached hydrogens (tertiary/aromatic N) is 3. The van der Waals surface area contributed by atoms with Crippen LogP contribution in [-0.2, 0) is 0 Å². The quantitative estimate of drug-likeness (QED) is 0.840. The molecule has 0 saturated carbocycles. The van der Waals surface area contributed by atoms with Crippen LogP contribution in [0, 0.1) is 0 Å². The maximum Gasteiger partial charge on any atom is 0.144 e. The van der Waals surface area contributed by atoms with Gasteiger partial charge in [-0.05, 0) is 23.0 Å². The molecule has 4 nitrogen and oxygen atoms in total. The summed E-state index contributed by atoms with van der Waals surface area (Å²) in [6.07, 6.45) is 3.44. The zero-order valence-corrected chi connectivity index (χ0v) is 8.95. The van der Waals surface area contributed by atoms with Crippen LogP contribution in [-0.4, -0.2) is 41.0 Å². The predicted molar refractivity (Wildman–Crippen MR) is 54.6 cm³/mol. The molecular weight excluding hydrogens is 232 g/mol. The SMILES string of the molecule is CN1CC(Nc2cnc(Br)cn2)C1. The Bertz CT molecular complexity index is 281. The number of anilines is 1. The molecule has 1 aliphatic heterocycles. The summed E-state index contributed by atoms with van der Waals surface area (Å²) in [5.41, 5.74) is 0. The largest absolute Gasteiger partial charge is 0.363 e. The van der Waals surface area contributed by atoms with Gasteiger partial charge in [-0.15, -0.1) is 0 Å². The molecule has 1 aliphatic rings. The van der Waals surface area contributed by atoms with Crippen molar-refractivity contribution in [1.29, 1.82) is 0 Å². The molecule has 1 aromatic heterocycles. The molecule has 0 spiro atoms. The predicted octanol–water partition coefficient (Wildman–Crippen LogP) is 0.965. The number of aromatic nitrogens is 2. The summed E-state index contributed by atoms with van der Waals surface area (Å²) in [5.74, 6) is 0.848. The normalized spacial score (nSPS) is 18.3. The standard InChI is InChI=1S/C8H11BrN4/c1-13-4-6(5-13)12-8-3-10-7(9)2-11-8/h2-3,6H,4-5H2,1H3,(H,11,12). The third-order valence-electron chi connectivity index (χ3n) is 2.04. The van der Waals surface area contributed by atoms with Crippen molar-refractivity contribution >= 4 is 21.7 Å². The Morgan fingerprint density at radius 1 is 1.46 bits per heavy atom. The van der Waals surface area contributed by atoms with E-state index < -0.39 is 0 Å². The Hall–Kier alpha value is -0.680. The maximum absolute atomic E-state index is 4.19. The lowest BCUT2D eigenvalue weighted by molar-refractivity contribution is 0.205. The lowest BCUT2D eigenvalue weighted by Gasteiger charge is -2.36. The highest BCUT2D eigenvalue weighted by atomic mass is 79.9. The molecule has 0 amide bonds. The molecule has 2 heterocycles. The van der Waals surface area contributed by atoms with E-state index in [9.17, 15) is 0 Å². The van der Waals surface area contributed by atoms with Gasteiger partial charge in [-0.3, -0.25) is 0 Å². The number of nitrogens with one attached hydrogen (secondary N) is 1. The molecule has 13 heavy (non-hydrogen) atoms. The maximum atomic E-state index is 4.19. The van der Waals surface area contributed by atoms with Gasteiger partial charge in [0, 0.05) is 13.1 Å². The zero-order valence-electron chi connectivity index (χ0n) is 7.37. The molecule has 0 aromatic carbocycles. The highest BCUT2D eigenvalue weighted by molar-refractivity contribution is 9.10. The van der Waals surface area contributed by atoms with Gasteiger partial charge in [0.2, 0.25) is 0 Å². The summed E-state index contributed by atoms with van der Waals surface area (Å²) in [5, 5.41) is 3.30. The summed E-state index contributed by atoms with van der Waals surface area (Å²) >= 11 is 3.24. The van der Waals surface area contributed by atoms with E-state index in [4.69, 9.17) is 0 Å². The number of hydrogen-bond acceptors (Lipinski definition) is 4. The van der Waals surface area contributed by atoms with Gasteiger partial charge in [-0.1, -0.05) is 0 Å². The number of rotatable bonds is 2. The lowest BCUT2D eigenvalue weighted by Crippen LogP contribution is -2.52. The van der Waals surface area contributed by atoms with Crippen LogP contribution in [0.5, 0.6) is 0 Å². The minimum atomic E-state index is 0.528. The number of hydrogen-bond donors (Lipinski definition) is 1. The van der Waals surface area contributed by atoms with Crippen molar-refractivity contribution in [3.63, 3.8) is 0 Å². The van der Waals surface area contributed by atoms with Crippen LogP contribution in [0.3, 0.4) is 0 Å². The highest BCUT2D eigenvalue weighted by Gasteiger charge is 2.22. The molecule has 2 rings (SSSR count). The smallest absolute Gasteiger partial charge is 0.144 e. The van der Waals surface area contributed by atoms with Crippen LogP contribution < -0.4 is 5.32 Å². The minimum Gasteiger partial charge on any atom is -0.363 e. The molecular formula is C8H11BrN4. The fourth-order valence-corrected chi connectivity index (χ4v) is 1.59. The van der Waals surface area contributed by atoms with Crippen molar-refractivity contribution in [2.24, 2.45) is 0 Å². The van der Waals surface area contributed by atoms with Crippen LogP contribution >= 0.6 is 15.9 Å². The second kappa shape index (κ2) is 3.59. The van der Waals surface area contributed by atoms with Gasteiger partial charge in [0.1, 0.15) is 10.4 Å². The van der Waals surface area contributed by atoms with Crippen molar-refractivity contribution in [3.05, 3.63) is 17.0 Å². The van der Waals surface area contributed by atoms with Gasteiger partial charge >= 0.3 is 0 Å². The molecule has 0 unspecified atom stereocenters. The van der Waals surface area contributed by atoms with E-state index in [1.165, 1.54) is 0 Å². The molecule has 5 heteroatoms. The first-order chi connectivity index (χ1) is 6.24. The first-order valence-corrected chi connectivity index (χ1v) is 4.96. The van der Waals surface area contributed by atoms with Crippen molar-refractivity contribution in [1.82, 2.24) is 14.9 Å². The van der Waals surface area contributed by atoms with Crippen LogP contribution in [0.2, 0.25) is 0 Å². The second-order valence-electron chi connectivity index (χ2n) is 3.29.